The van der Waals surface area contributed by atoms with Crippen LogP contribution in [0.3, 0.4) is 0 Å². The van der Waals surface area contributed by atoms with Gasteiger partial charge in [0.1, 0.15) is 22.6 Å². The average molecular weight is 800 g/mol. The van der Waals surface area contributed by atoms with Gasteiger partial charge in [-0.15, -0.1) is 0 Å². The Morgan fingerprint density at radius 3 is 2.25 bits per heavy atom. The first kappa shape index (κ1) is 39.4. The molecule has 0 spiro atoms. The highest BCUT2D eigenvalue weighted by Crippen LogP contribution is 2.42. The summed E-state index contributed by atoms with van der Waals surface area (Å²) in [6.45, 7) is 8.88. The highest BCUT2D eigenvalue weighted by molar-refractivity contribution is 7.91. The highest BCUT2D eigenvalue weighted by Gasteiger charge is 2.34. The standard InChI is InChI=1S/C43H49N3O8S2/c1-29-8-17-34(18-9-29)56(51,52)46-25-22-35-37(28-44(5)41(47)40(35)46)36-27-32(39-7-6-26-55(39,49)50)14-19-38(36)53-33-15-12-30(13-16-33)10-11-31-20-23-45(24-21-31)42(48)54-43(2,3)4/h8-9,12-19,22,25,27-28,31,39H,6-7,10-11,20-21,23-24,26H2,1-5H3. The fraction of sp³-hybridized carbons (Fsp3) is 0.395. The Hall–Kier alpha value is -4.88. The van der Waals surface area contributed by atoms with E-state index in [4.69, 9.17) is 9.47 Å². The molecule has 0 saturated carbocycles. The summed E-state index contributed by atoms with van der Waals surface area (Å²) in [5.41, 5.74) is 2.72. The number of amides is 1. The second-order valence-corrected chi connectivity index (χ2v) is 20.2. The van der Waals surface area contributed by atoms with Crippen LogP contribution in [0.4, 0.5) is 4.79 Å². The van der Waals surface area contributed by atoms with Crippen LogP contribution in [0.25, 0.3) is 22.0 Å². The van der Waals surface area contributed by atoms with Crippen LogP contribution in [0.1, 0.15) is 74.8 Å². The molecule has 1 atom stereocenters. The smallest absolute Gasteiger partial charge is 0.410 e. The molecule has 7 rings (SSSR count). The molecule has 1 unspecified atom stereocenters. The van der Waals surface area contributed by atoms with Crippen LogP contribution in [0, 0.1) is 12.8 Å². The lowest BCUT2D eigenvalue weighted by atomic mass is 9.90. The minimum absolute atomic E-state index is 0.0183. The van der Waals surface area contributed by atoms with Crippen molar-refractivity contribution >= 4 is 36.9 Å². The summed E-state index contributed by atoms with van der Waals surface area (Å²) in [5, 5.41) is -0.277. The van der Waals surface area contributed by atoms with E-state index >= 15 is 0 Å². The van der Waals surface area contributed by atoms with Gasteiger partial charge in [0.2, 0.25) is 0 Å². The molecule has 56 heavy (non-hydrogen) atoms. The van der Waals surface area contributed by atoms with Crippen molar-refractivity contribution in [2.24, 2.45) is 13.0 Å². The van der Waals surface area contributed by atoms with Crippen molar-refractivity contribution in [3.8, 4) is 22.6 Å². The first-order chi connectivity index (χ1) is 26.5. The van der Waals surface area contributed by atoms with Crippen LogP contribution in [-0.4, -0.2) is 60.8 Å². The first-order valence-electron chi connectivity index (χ1n) is 19.1. The Morgan fingerprint density at radius 2 is 1.61 bits per heavy atom. The molecule has 2 aliphatic heterocycles. The number of fused-ring (bicyclic) bond motifs is 1. The zero-order chi connectivity index (χ0) is 40.0. The van der Waals surface area contributed by atoms with Crippen molar-refractivity contribution in [1.29, 1.82) is 0 Å². The van der Waals surface area contributed by atoms with E-state index in [1.165, 1.54) is 22.9 Å². The van der Waals surface area contributed by atoms with E-state index < -0.39 is 36.3 Å². The maximum atomic E-state index is 13.9. The Labute approximate surface area is 328 Å². The first-order valence-corrected chi connectivity index (χ1v) is 22.3. The van der Waals surface area contributed by atoms with Crippen LogP contribution in [0.15, 0.2) is 94.9 Å². The molecule has 2 fully saturated rings. The lowest BCUT2D eigenvalue weighted by molar-refractivity contribution is 0.0181. The van der Waals surface area contributed by atoms with Gasteiger partial charge in [0.15, 0.2) is 9.84 Å². The van der Waals surface area contributed by atoms with Crippen LogP contribution in [0.5, 0.6) is 11.5 Å². The molecular weight excluding hydrogens is 751 g/mol. The second kappa shape index (κ2) is 15.2. The molecule has 0 radical (unpaired) electrons. The molecular formula is C43H49N3O8S2. The molecule has 5 aromatic rings. The Bertz CT molecular complexity index is 2540. The van der Waals surface area contributed by atoms with Crippen molar-refractivity contribution in [2.75, 3.05) is 18.8 Å². The minimum Gasteiger partial charge on any atom is -0.457 e. The summed E-state index contributed by atoms with van der Waals surface area (Å²) in [6, 6.07) is 21.3. The molecule has 1 amide bonds. The zero-order valence-electron chi connectivity index (χ0n) is 32.5. The van der Waals surface area contributed by atoms with E-state index in [1.807, 2.05) is 52.0 Å². The zero-order valence-corrected chi connectivity index (χ0v) is 34.2. The third kappa shape index (κ3) is 8.15. The quantitative estimate of drug-likeness (QED) is 0.146. The predicted octanol–water partition coefficient (Wildman–Crippen LogP) is 8.17. The fourth-order valence-electron chi connectivity index (χ4n) is 7.73. The monoisotopic (exact) mass is 799 g/mol. The Kier molecular flexibility index (Phi) is 10.7. The van der Waals surface area contributed by atoms with Gasteiger partial charge in [0.05, 0.1) is 15.9 Å². The van der Waals surface area contributed by atoms with Gasteiger partial charge in [-0.1, -0.05) is 35.9 Å². The van der Waals surface area contributed by atoms with Gasteiger partial charge in [-0.25, -0.2) is 25.6 Å². The average Bonchev–Trinajstić information content (AvgIpc) is 3.77. The number of carbonyl (C=O) groups is 1. The number of hydrogen-bond acceptors (Lipinski definition) is 8. The van der Waals surface area contributed by atoms with Crippen molar-refractivity contribution in [3.63, 3.8) is 0 Å². The molecule has 2 aromatic heterocycles. The second-order valence-electron chi connectivity index (χ2n) is 16.1. The van der Waals surface area contributed by atoms with Crippen molar-refractivity contribution < 1.29 is 31.1 Å². The Balaban J connectivity index is 1.17. The summed E-state index contributed by atoms with van der Waals surface area (Å²) in [6.07, 6.45) is 7.59. The van der Waals surface area contributed by atoms with Crippen molar-refractivity contribution in [2.45, 2.75) is 82.0 Å². The normalized spacial score (nSPS) is 17.7. The van der Waals surface area contributed by atoms with Gasteiger partial charge in [0.25, 0.3) is 15.6 Å². The van der Waals surface area contributed by atoms with Crippen LogP contribution >= 0.6 is 0 Å². The number of carbonyl (C=O) groups excluding carboxylic acids is 1. The number of rotatable bonds is 9. The van der Waals surface area contributed by atoms with Crippen molar-refractivity contribution in [3.05, 3.63) is 112 Å². The molecule has 0 bridgehead atoms. The number of aryl methyl sites for hydroxylation is 3. The van der Waals surface area contributed by atoms with Gasteiger partial charge in [0, 0.05) is 49.0 Å². The summed E-state index contributed by atoms with van der Waals surface area (Å²) < 4.78 is 68.3. The molecule has 13 heteroatoms. The van der Waals surface area contributed by atoms with Crippen LogP contribution in [0.2, 0.25) is 0 Å². The summed E-state index contributed by atoms with van der Waals surface area (Å²) >= 11 is 0. The van der Waals surface area contributed by atoms with E-state index in [0.29, 0.717) is 65.4 Å². The molecule has 296 valence electrons. The number of sulfone groups is 1. The summed E-state index contributed by atoms with van der Waals surface area (Å²) in [4.78, 5) is 28.0. The third-order valence-electron chi connectivity index (χ3n) is 10.8. The number of piperidine rings is 1. The summed E-state index contributed by atoms with van der Waals surface area (Å²) in [7, 11) is -5.91. The van der Waals surface area contributed by atoms with Crippen LogP contribution < -0.4 is 10.3 Å². The number of likely N-dealkylation sites (tertiary alicyclic amines) is 1. The molecule has 3 aromatic carbocycles. The van der Waals surface area contributed by atoms with Gasteiger partial charge in [-0.3, -0.25) is 4.79 Å². The van der Waals surface area contributed by atoms with Gasteiger partial charge < -0.3 is 18.9 Å². The predicted molar refractivity (Wildman–Crippen MR) is 218 cm³/mol. The van der Waals surface area contributed by atoms with E-state index in [0.717, 1.165) is 40.8 Å². The maximum Gasteiger partial charge on any atom is 0.410 e. The number of nitrogens with zero attached hydrogens (tertiary/aromatic N) is 3. The molecule has 2 saturated heterocycles. The highest BCUT2D eigenvalue weighted by atomic mass is 32.2. The molecule has 0 N–H and O–H groups in total. The van der Waals surface area contributed by atoms with E-state index in [9.17, 15) is 26.4 Å². The van der Waals surface area contributed by atoms with Gasteiger partial charge in [-0.05, 0) is 126 Å². The van der Waals surface area contributed by atoms with E-state index in [-0.39, 0.29) is 22.3 Å². The number of hydrogen-bond donors (Lipinski definition) is 0. The van der Waals surface area contributed by atoms with Crippen LogP contribution in [-0.2, 0) is 38.1 Å². The molecule has 0 aliphatic carbocycles. The third-order valence-corrected chi connectivity index (χ3v) is 14.7. The largest absolute Gasteiger partial charge is 0.457 e. The maximum absolute atomic E-state index is 13.9. The lowest BCUT2D eigenvalue weighted by Gasteiger charge is -2.33. The fourth-order valence-corrected chi connectivity index (χ4v) is 11.0. The van der Waals surface area contributed by atoms with Gasteiger partial charge in [-0.2, -0.15) is 0 Å². The number of benzene rings is 3. The molecule has 4 heterocycles. The number of ether oxygens (including phenoxy) is 2. The van der Waals surface area contributed by atoms with E-state index in [1.54, 1.807) is 54.5 Å². The lowest BCUT2D eigenvalue weighted by Crippen LogP contribution is -2.41. The topological polar surface area (TPSA) is 134 Å². The number of pyridine rings is 1. The Morgan fingerprint density at radius 1 is 0.911 bits per heavy atom. The van der Waals surface area contributed by atoms with Gasteiger partial charge >= 0.3 is 6.09 Å². The molecule has 11 nitrogen and oxygen atoms in total. The molecule has 2 aliphatic rings. The summed E-state index contributed by atoms with van der Waals surface area (Å²) in [5.74, 6) is 1.63. The number of aromatic nitrogens is 2. The van der Waals surface area contributed by atoms with E-state index in [2.05, 4.69) is 0 Å². The SMILES string of the molecule is Cc1ccc(S(=O)(=O)n2ccc3c(-c4cc(C5CCCS5(=O)=O)ccc4Oc4ccc(CCC5CCN(C(=O)OC(C)(C)C)CC5)cc4)cn(C)c(=O)c32)cc1. The van der Waals surface area contributed by atoms with Crippen molar-refractivity contribution in [1.82, 2.24) is 13.4 Å². The minimum atomic E-state index is -4.13.